The van der Waals surface area contributed by atoms with Crippen LogP contribution in [0.3, 0.4) is 0 Å². The van der Waals surface area contributed by atoms with Crippen LogP contribution in [0.5, 0.6) is 0 Å². The average Bonchev–Trinajstić information content (AvgIpc) is 1.65. The van der Waals surface area contributed by atoms with Crippen LogP contribution in [-0.2, 0) is 0 Å². The van der Waals surface area contributed by atoms with Gasteiger partial charge in [0.2, 0.25) is 0 Å². The van der Waals surface area contributed by atoms with Crippen LogP contribution in [0.2, 0.25) is 0 Å². The third-order valence-corrected chi connectivity index (χ3v) is 9.21. The van der Waals surface area contributed by atoms with Gasteiger partial charge in [-0.3, -0.25) is 0 Å². The Morgan fingerprint density at radius 2 is 2.17 bits per heavy atom. The van der Waals surface area contributed by atoms with Crippen LogP contribution in [-0.4, -0.2) is 20.0 Å². The molecule has 0 aromatic heterocycles. The summed E-state index contributed by atoms with van der Waals surface area (Å²) in [6.07, 6.45) is 0. The van der Waals surface area contributed by atoms with Crippen molar-refractivity contribution in [2.45, 2.75) is 0 Å². The highest BCUT2D eigenvalue weighted by Crippen LogP contribution is 2.46. The monoisotopic (exact) mass is 139 g/mol. The molecule has 0 aliphatic carbocycles. The highest BCUT2D eigenvalue weighted by Gasteiger charge is 1.89. The average molecular weight is 139 g/mol. The number of hydrogen-bond donors (Lipinski definition) is 0. The van der Waals surface area contributed by atoms with Crippen LogP contribution in [0.15, 0.2) is 0 Å². The van der Waals surface area contributed by atoms with Gasteiger partial charge in [-0.15, -0.1) is 0 Å². The Labute approximate surface area is 43.8 Å². The second kappa shape index (κ2) is 4.20. The lowest BCUT2D eigenvalue weighted by Crippen LogP contribution is -1.29. The van der Waals surface area contributed by atoms with Gasteiger partial charge in [0, 0.05) is 6.66 Å². The van der Waals surface area contributed by atoms with Crippen LogP contribution >= 0.6 is 23.0 Å². The molecular weight excluding hydrogens is 129 g/mol. The highest BCUT2D eigenvalue weighted by atomic mass is 32.2. The predicted molar refractivity (Wildman–Crippen MR) is 39.9 cm³/mol. The topological polar surface area (TPSA) is 0 Å². The van der Waals surface area contributed by atoms with Crippen LogP contribution in [0.1, 0.15) is 0 Å². The minimum absolute atomic E-state index is 0.424. The molecule has 0 aliphatic rings. The molecule has 0 aromatic rings. The van der Waals surface area contributed by atoms with E-state index in [-0.39, 0.29) is 0 Å². The number of rotatable bonds is 1. The molecule has 0 spiro atoms. The van der Waals surface area contributed by atoms with E-state index >= 15 is 0 Å². The predicted octanol–water partition coefficient (Wildman–Crippen LogP) is 2.81. The zero-order chi connectivity index (χ0) is 4.99. The molecular formula is C3H10P3+. The fourth-order valence-electron chi connectivity index (χ4n) is 0.100. The van der Waals surface area contributed by atoms with Crippen LogP contribution < -0.4 is 0 Å². The molecule has 0 saturated heterocycles. The van der Waals surface area contributed by atoms with E-state index in [4.69, 9.17) is 0 Å². The zero-order valence-electron chi connectivity index (χ0n) is 4.39. The van der Waals surface area contributed by atoms with Gasteiger partial charge in [0.1, 0.15) is 21.4 Å². The number of hydrogen-bond acceptors (Lipinski definition) is 0. The Balaban J connectivity index is 3.22. The van der Waals surface area contributed by atoms with Crippen molar-refractivity contribution in [3.8, 4) is 0 Å². The SMILES string of the molecule is CP=[P+](C)PC. The van der Waals surface area contributed by atoms with Gasteiger partial charge < -0.3 is 0 Å². The molecule has 2 unspecified atom stereocenters. The van der Waals surface area contributed by atoms with E-state index in [2.05, 4.69) is 20.0 Å². The van der Waals surface area contributed by atoms with Crippen molar-refractivity contribution < 1.29 is 0 Å². The maximum Gasteiger partial charge on any atom is 0.127 e. The van der Waals surface area contributed by atoms with E-state index in [9.17, 15) is 0 Å². The zero-order valence-corrected chi connectivity index (χ0v) is 7.18. The van der Waals surface area contributed by atoms with E-state index in [1.165, 1.54) is 8.27 Å². The van der Waals surface area contributed by atoms with Gasteiger partial charge >= 0.3 is 0 Å². The van der Waals surface area contributed by atoms with Crippen LogP contribution in [0, 0.1) is 0 Å². The molecule has 2 atom stereocenters. The molecule has 36 valence electrons. The minimum Gasteiger partial charge on any atom is -0.00464 e. The minimum atomic E-state index is 0.424. The van der Waals surface area contributed by atoms with Crippen molar-refractivity contribution in [3.63, 3.8) is 0 Å². The van der Waals surface area contributed by atoms with E-state index in [0.717, 1.165) is 0 Å². The maximum atomic E-state index is 2.34. The van der Waals surface area contributed by atoms with E-state index in [0.29, 0.717) is 6.90 Å². The first kappa shape index (κ1) is 7.03. The summed E-state index contributed by atoms with van der Waals surface area (Å²) in [4.78, 5) is 0. The Kier molecular flexibility index (Phi) is 4.92. The van der Waals surface area contributed by atoms with Gasteiger partial charge in [-0.1, -0.05) is 0 Å². The van der Waals surface area contributed by atoms with E-state index in [1.807, 2.05) is 0 Å². The first-order chi connectivity index (χ1) is 2.81. The second-order valence-corrected chi connectivity index (χ2v) is 10.3. The summed E-state index contributed by atoms with van der Waals surface area (Å²) in [6, 6.07) is 0. The summed E-state index contributed by atoms with van der Waals surface area (Å²) in [6.45, 7) is 7.28. The Bertz CT molecular complexity index is 57.1. The standard InChI is InChI=1S/C3H10P3/c1-4-6(3)5-2/h4H,1-3H3/q+1. The summed E-state index contributed by atoms with van der Waals surface area (Å²) in [5, 5.41) is 0. The van der Waals surface area contributed by atoms with Gasteiger partial charge in [0.15, 0.2) is 0 Å². The molecule has 0 radical (unpaired) electrons. The van der Waals surface area contributed by atoms with Gasteiger partial charge in [-0.05, 0) is 6.66 Å². The van der Waals surface area contributed by atoms with Crippen molar-refractivity contribution in [2.24, 2.45) is 0 Å². The summed E-state index contributed by atoms with van der Waals surface area (Å²) in [5.41, 5.74) is 0. The molecule has 0 saturated carbocycles. The van der Waals surface area contributed by atoms with Gasteiger partial charge in [0.05, 0.1) is 8.27 Å². The molecule has 0 nitrogen and oxygen atoms in total. The molecule has 0 bridgehead atoms. The highest BCUT2D eigenvalue weighted by molar-refractivity contribution is 8.33. The molecule has 0 rings (SSSR count). The van der Waals surface area contributed by atoms with Gasteiger partial charge in [0.25, 0.3) is 0 Å². The van der Waals surface area contributed by atoms with Crippen molar-refractivity contribution >= 4 is 23.0 Å². The normalized spacial score (nSPS) is 14.2. The lowest BCUT2D eigenvalue weighted by atomic mass is 12.0. The Morgan fingerprint density at radius 3 is 2.17 bits per heavy atom. The molecule has 0 fully saturated rings. The molecule has 0 N–H and O–H groups in total. The van der Waals surface area contributed by atoms with Crippen LogP contribution in [0.4, 0.5) is 0 Å². The third-order valence-electron chi connectivity index (χ3n) is 0.624. The first-order valence-corrected chi connectivity index (χ1v) is 8.00. The maximum absolute atomic E-state index is 2.34. The summed E-state index contributed by atoms with van der Waals surface area (Å²) >= 11 is 0. The van der Waals surface area contributed by atoms with Crippen molar-refractivity contribution in [1.29, 1.82) is 0 Å². The summed E-state index contributed by atoms with van der Waals surface area (Å²) in [7, 11) is 2.79. The molecule has 0 aromatic carbocycles. The lowest BCUT2D eigenvalue weighted by molar-refractivity contribution is 2.45. The molecule has 3 heteroatoms. The molecule has 0 heterocycles. The summed E-state index contributed by atoms with van der Waals surface area (Å²) < 4.78 is 0. The van der Waals surface area contributed by atoms with Crippen molar-refractivity contribution in [3.05, 3.63) is 0 Å². The van der Waals surface area contributed by atoms with Gasteiger partial charge in [-0.2, -0.15) is 0 Å². The first-order valence-electron chi connectivity index (χ1n) is 1.82. The quantitative estimate of drug-likeness (QED) is 0.490. The smallest absolute Gasteiger partial charge is 0.00464 e. The molecule has 0 aliphatic heterocycles. The van der Waals surface area contributed by atoms with E-state index in [1.54, 1.807) is 7.87 Å². The fourth-order valence-corrected chi connectivity index (χ4v) is 2.70. The second-order valence-electron chi connectivity index (χ2n) is 0.947. The third kappa shape index (κ3) is 3.23. The molecule has 6 heavy (non-hydrogen) atoms. The Hall–Kier alpha value is 1.03. The van der Waals surface area contributed by atoms with E-state index < -0.39 is 0 Å². The molecule has 0 amide bonds. The van der Waals surface area contributed by atoms with Gasteiger partial charge in [-0.25, -0.2) is 0 Å². The lowest BCUT2D eigenvalue weighted by Gasteiger charge is -1.68. The fraction of sp³-hybridized carbons (Fsp3) is 1.00. The Morgan fingerprint density at radius 1 is 1.67 bits per heavy atom. The van der Waals surface area contributed by atoms with Crippen LogP contribution in [0.25, 0.3) is 0 Å². The summed E-state index contributed by atoms with van der Waals surface area (Å²) in [5.74, 6) is 0. The van der Waals surface area contributed by atoms with Crippen molar-refractivity contribution in [2.75, 3.05) is 20.0 Å². The largest absolute Gasteiger partial charge is 0.127 e. The van der Waals surface area contributed by atoms with Crippen molar-refractivity contribution in [1.82, 2.24) is 0 Å².